The lowest BCUT2D eigenvalue weighted by Crippen LogP contribution is -2.44. The molecule has 0 fully saturated rings. The van der Waals surface area contributed by atoms with Crippen LogP contribution in [0.1, 0.15) is 18.1 Å². The topological polar surface area (TPSA) is 82.2 Å². The third-order valence-corrected chi connectivity index (χ3v) is 2.58. The van der Waals surface area contributed by atoms with E-state index in [-0.39, 0.29) is 5.96 Å². The number of anilines is 1. The van der Waals surface area contributed by atoms with Gasteiger partial charge in [0.25, 0.3) is 0 Å². The first-order chi connectivity index (χ1) is 7.97. The Kier molecular flexibility index (Phi) is 4.09. The standard InChI is InChI=1S/C12H18N4O/c1-4-9-7-5-6-8(2)10(9)16(3)12(17)15-11(13)14/h5-7H,4H2,1-3H3,(H4,13,14,15,17). The summed E-state index contributed by atoms with van der Waals surface area (Å²) >= 11 is 0. The van der Waals surface area contributed by atoms with Gasteiger partial charge in [-0.3, -0.25) is 15.6 Å². The van der Waals surface area contributed by atoms with Crippen LogP contribution in [-0.2, 0) is 6.42 Å². The molecule has 0 aromatic heterocycles. The molecule has 0 spiro atoms. The van der Waals surface area contributed by atoms with Crippen molar-refractivity contribution in [2.24, 2.45) is 5.73 Å². The third kappa shape index (κ3) is 2.96. The molecule has 0 saturated carbocycles. The summed E-state index contributed by atoms with van der Waals surface area (Å²) in [5.74, 6) is -0.353. The lowest BCUT2D eigenvalue weighted by atomic mass is 10.1. The van der Waals surface area contributed by atoms with E-state index < -0.39 is 6.03 Å². The first-order valence-electron chi connectivity index (χ1n) is 5.44. The number of nitrogens with two attached hydrogens (primary N) is 1. The summed E-state index contributed by atoms with van der Waals surface area (Å²) in [7, 11) is 1.67. The van der Waals surface area contributed by atoms with Crippen LogP contribution in [0.2, 0.25) is 0 Å². The van der Waals surface area contributed by atoms with E-state index in [2.05, 4.69) is 5.32 Å². The maximum atomic E-state index is 11.8. The SMILES string of the molecule is CCc1cccc(C)c1N(C)C(=O)NC(=N)N. The van der Waals surface area contributed by atoms with Crippen molar-refractivity contribution in [1.29, 1.82) is 5.41 Å². The van der Waals surface area contributed by atoms with E-state index in [0.29, 0.717) is 0 Å². The average molecular weight is 234 g/mol. The number of aryl methyl sites for hydroxylation is 2. The monoisotopic (exact) mass is 234 g/mol. The molecule has 0 atom stereocenters. The van der Waals surface area contributed by atoms with Gasteiger partial charge < -0.3 is 5.73 Å². The van der Waals surface area contributed by atoms with Crippen molar-refractivity contribution in [3.63, 3.8) is 0 Å². The van der Waals surface area contributed by atoms with E-state index in [4.69, 9.17) is 11.1 Å². The molecule has 5 nitrogen and oxygen atoms in total. The number of nitrogens with zero attached hydrogens (tertiary/aromatic N) is 1. The number of hydrogen-bond donors (Lipinski definition) is 3. The second-order valence-corrected chi connectivity index (χ2v) is 3.84. The minimum atomic E-state index is -0.401. The van der Waals surface area contributed by atoms with E-state index in [1.165, 1.54) is 4.90 Å². The number of amides is 2. The van der Waals surface area contributed by atoms with Crippen molar-refractivity contribution >= 4 is 17.7 Å². The fraction of sp³-hybridized carbons (Fsp3) is 0.333. The number of hydrogen-bond acceptors (Lipinski definition) is 2. The maximum Gasteiger partial charge on any atom is 0.328 e. The van der Waals surface area contributed by atoms with Gasteiger partial charge in [-0.2, -0.15) is 0 Å². The van der Waals surface area contributed by atoms with Crippen molar-refractivity contribution in [2.45, 2.75) is 20.3 Å². The number of carbonyl (C=O) groups excluding carboxylic acids is 1. The van der Waals surface area contributed by atoms with Gasteiger partial charge in [-0.1, -0.05) is 25.1 Å². The largest absolute Gasteiger partial charge is 0.370 e. The van der Waals surface area contributed by atoms with Crippen LogP contribution in [0.15, 0.2) is 18.2 Å². The number of guanidine groups is 1. The Morgan fingerprint density at radius 2 is 2.18 bits per heavy atom. The molecule has 1 aromatic rings. The predicted molar refractivity (Wildman–Crippen MR) is 69.4 cm³/mol. The molecule has 1 rings (SSSR count). The van der Waals surface area contributed by atoms with Gasteiger partial charge in [0, 0.05) is 7.05 Å². The molecule has 0 aliphatic rings. The van der Waals surface area contributed by atoms with E-state index in [0.717, 1.165) is 23.2 Å². The molecule has 1 aromatic carbocycles. The molecule has 92 valence electrons. The summed E-state index contributed by atoms with van der Waals surface area (Å²) in [5.41, 5.74) is 8.12. The number of nitrogens with one attached hydrogen (secondary N) is 2. The van der Waals surface area contributed by atoms with Gasteiger partial charge in [0.15, 0.2) is 5.96 Å². The highest BCUT2D eigenvalue weighted by molar-refractivity contribution is 6.02. The number of rotatable bonds is 2. The minimum Gasteiger partial charge on any atom is -0.370 e. The molecule has 0 aliphatic heterocycles. The van der Waals surface area contributed by atoms with Crippen molar-refractivity contribution in [1.82, 2.24) is 5.32 Å². The van der Waals surface area contributed by atoms with Crippen LogP contribution in [0.4, 0.5) is 10.5 Å². The summed E-state index contributed by atoms with van der Waals surface area (Å²) in [6, 6.07) is 5.50. The van der Waals surface area contributed by atoms with Gasteiger partial charge in [0.2, 0.25) is 0 Å². The summed E-state index contributed by atoms with van der Waals surface area (Å²) in [6.07, 6.45) is 0.842. The lowest BCUT2D eigenvalue weighted by molar-refractivity contribution is 0.251. The summed E-state index contributed by atoms with van der Waals surface area (Å²) in [5, 5.41) is 9.32. The number of urea groups is 1. The van der Waals surface area contributed by atoms with Crippen molar-refractivity contribution in [3.8, 4) is 0 Å². The Hall–Kier alpha value is -2.04. The second kappa shape index (κ2) is 5.34. The van der Waals surface area contributed by atoms with Crippen LogP contribution >= 0.6 is 0 Å². The normalized spacial score (nSPS) is 9.82. The van der Waals surface area contributed by atoms with E-state index in [1.54, 1.807) is 7.05 Å². The van der Waals surface area contributed by atoms with Crippen LogP contribution < -0.4 is 16.0 Å². The molecule has 2 amide bonds. The van der Waals surface area contributed by atoms with E-state index in [9.17, 15) is 4.79 Å². The highest BCUT2D eigenvalue weighted by Crippen LogP contribution is 2.24. The Morgan fingerprint density at radius 3 is 2.71 bits per heavy atom. The van der Waals surface area contributed by atoms with Crippen LogP contribution in [0.25, 0.3) is 0 Å². The second-order valence-electron chi connectivity index (χ2n) is 3.84. The Balaban J connectivity index is 3.06. The molecular formula is C12H18N4O. The zero-order valence-electron chi connectivity index (χ0n) is 10.4. The maximum absolute atomic E-state index is 11.8. The van der Waals surface area contributed by atoms with Crippen molar-refractivity contribution < 1.29 is 4.79 Å². The fourth-order valence-corrected chi connectivity index (χ4v) is 1.79. The molecule has 0 radical (unpaired) electrons. The summed E-state index contributed by atoms with van der Waals surface area (Å²) in [4.78, 5) is 13.2. The highest BCUT2D eigenvalue weighted by Gasteiger charge is 2.16. The van der Waals surface area contributed by atoms with E-state index >= 15 is 0 Å². The Labute approximate surface area is 101 Å². The van der Waals surface area contributed by atoms with Gasteiger partial charge in [-0.25, -0.2) is 4.79 Å². The van der Waals surface area contributed by atoms with Crippen LogP contribution in [0.5, 0.6) is 0 Å². The lowest BCUT2D eigenvalue weighted by Gasteiger charge is -2.22. The average Bonchev–Trinajstić information content (AvgIpc) is 2.26. The predicted octanol–water partition coefficient (Wildman–Crippen LogP) is 1.60. The zero-order valence-corrected chi connectivity index (χ0v) is 10.4. The van der Waals surface area contributed by atoms with Gasteiger partial charge >= 0.3 is 6.03 Å². The number of para-hydroxylation sites is 1. The van der Waals surface area contributed by atoms with Gasteiger partial charge in [-0.05, 0) is 24.5 Å². The Morgan fingerprint density at radius 1 is 1.53 bits per heavy atom. The smallest absolute Gasteiger partial charge is 0.328 e. The molecular weight excluding hydrogens is 216 g/mol. The molecule has 17 heavy (non-hydrogen) atoms. The van der Waals surface area contributed by atoms with Crippen LogP contribution in [-0.4, -0.2) is 19.0 Å². The molecule has 0 aliphatic carbocycles. The molecule has 4 N–H and O–H groups in total. The van der Waals surface area contributed by atoms with Crippen LogP contribution in [0, 0.1) is 12.3 Å². The highest BCUT2D eigenvalue weighted by atomic mass is 16.2. The Bertz CT molecular complexity index is 442. The van der Waals surface area contributed by atoms with Gasteiger partial charge in [0.05, 0.1) is 5.69 Å². The van der Waals surface area contributed by atoms with Crippen molar-refractivity contribution in [2.75, 3.05) is 11.9 Å². The van der Waals surface area contributed by atoms with Gasteiger partial charge in [0.1, 0.15) is 0 Å². The third-order valence-electron chi connectivity index (χ3n) is 2.58. The molecule has 0 saturated heterocycles. The molecule has 0 bridgehead atoms. The molecule has 0 heterocycles. The molecule has 0 unspecified atom stereocenters. The van der Waals surface area contributed by atoms with Crippen molar-refractivity contribution in [3.05, 3.63) is 29.3 Å². The quantitative estimate of drug-likeness (QED) is 0.536. The van der Waals surface area contributed by atoms with Crippen LogP contribution in [0.3, 0.4) is 0 Å². The zero-order chi connectivity index (χ0) is 13.0. The van der Waals surface area contributed by atoms with Gasteiger partial charge in [-0.15, -0.1) is 0 Å². The fourth-order valence-electron chi connectivity index (χ4n) is 1.79. The minimum absolute atomic E-state index is 0.353. The first-order valence-corrected chi connectivity index (χ1v) is 5.44. The number of carbonyl (C=O) groups is 1. The first kappa shape index (κ1) is 13.0. The van der Waals surface area contributed by atoms with E-state index in [1.807, 2.05) is 32.0 Å². The number of benzene rings is 1. The molecule has 5 heteroatoms. The summed E-state index contributed by atoms with van der Waals surface area (Å²) in [6.45, 7) is 3.99. The summed E-state index contributed by atoms with van der Waals surface area (Å²) < 4.78 is 0.